The van der Waals surface area contributed by atoms with Gasteiger partial charge in [0.1, 0.15) is 11.5 Å². The summed E-state index contributed by atoms with van der Waals surface area (Å²) in [6, 6.07) is 14.0. The summed E-state index contributed by atoms with van der Waals surface area (Å²) >= 11 is 1.86. The van der Waals surface area contributed by atoms with Crippen molar-refractivity contribution in [3.63, 3.8) is 0 Å². The van der Waals surface area contributed by atoms with E-state index in [1.165, 1.54) is 81.1 Å². The van der Waals surface area contributed by atoms with Gasteiger partial charge in [-0.05, 0) is 53.0 Å². The molecule has 2 aromatic carbocycles. The van der Waals surface area contributed by atoms with Crippen LogP contribution < -0.4 is 14.8 Å². The predicted molar refractivity (Wildman–Crippen MR) is 184 cm³/mol. The topological polar surface area (TPSA) is 50.8 Å². The molecule has 0 aromatic heterocycles. The number of anilines is 1. The van der Waals surface area contributed by atoms with Crippen LogP contribution in [0.1, 0.15) is 123 Å². The summed E-state index contributed by atoms with van der Waals surface area (Å²) < 4.78 is 12.2. The van der Waals surface area contributed by atoms with Gasteiger partial charge in [-0.1, -0.05) is 117 Å². The van der Waals surface area contributed by atoms with Crippen molar-refractivity contribution in [2.45, 2.75) is 124 Å². The number of thioether (sulfide) groups is 1. The fourth-order valence-corrected chi connectivity index (χ4v) is 6.10. The van der Waals surface area contributed by atoms with Gasteiger partial charge in [-0.2, -0.15) is 0 Å². The number of hydrogen-bond donors (Lipinski definition) is 1. The molecule has 238 valence electrons. The van der Waals surface area contributed by atoms with Gasteiger partial charge in [0.25, 0.3) is 5.91 Å². The van der Waals surface area contributed by atoms with Gasteiger partial charge >= 0.3 is 0 Å². The molecule has 1 amide bonds. The number of rotatable bonds is 20. The molecule has 1 aliphatic heterocycles. The molecule has 43 heavy (non-hydrogen) atoms. The molecule has 0 saturated carbocycles. The molecular weight excluding hydrogens is 552 g/mol. The van der Waals surface area contributed by atoms with Gasteiger partial charge < -0.3 is 19.7 Å². The zero-order chi connectivity index (χ0) is 30.9. The van der Waals surface area contributed by atoms with E-state index in [2.05, 4.69) is 69.2 Å². The molecule has 0 bridgehead atoms. The lowest BCUT2D eigenvalue weighted by atomic mass is 9.86. The Kier molecular flexibility index (Phi) is 15.4. The van der Waals surface area contributed by atoms with Crippen molar-refractivity contribution >= 4 is 23.4 Å². The summed E-state index contributed by atoms with van der Waals surface area (Å²) in [5.74, 6) is 2.31. The lowest BCUT2D eigenvalue weighted by Crippen LogP contribution is -2.20. The van der Waals surface area contributed by atoms with Crippen LogP contribution in [0.25, 0.3) is 0 Å². The number of amides is 1. The molecule has 0 radical (unpaired) electrons. The van der Waals surface area contributed by atoms with Crippen molar-refractivity contribution in [1.29, 1.82) is 0 Å². The molecule has 0 aliphatic carbocycles. The quantitative estimate of drug-likeness (QED) is 0.152. The first-order valence-corrected chi connectivity index (χ1v) is 17.6. The van der Waals surface area contributed by atoms with E-state index in [0.29, 0.717) is 12.4 Å². The summed E-state index contributed by atoms with van der Waals surface area (Å²) in [6.07, 6.45) is 18.1. The summed E-state index contributed by atoms with van der Waals surface area (Å²) in [7, 11) is 0. The van der Waals surface area contributed by atoms with Gasteiger partial charge in [0.15, 0.2) is 6.61 Å². The van der Waals surface area contributed by atoms with E-state index < -0.39 is 0 Å². The van der Waals surface area contributed by atoms with Crippen molar-refractivity contribution in [1.82, 2.24) is 4.90 Å². The average molecular weight is 609 g/mol. The van der Waals surface area contributed by atoms with Crippen LogP contribution in [0, 0.1) is 0 Å². The number of nitrogens with zero attached hydrogens (tertiary/aromatic N) is 1. The molecule has 0 fully saturated rings. The SMILES string of the molecule is CCCCCCCCCCCCCCOc1cc(OCC(=O)Nc2ccc(CN3C=C(C)SC3)cc2)ccc1C(C)(C)C. The molecule has 0 unspecified atom stereocenters. The maximum absolute atomic E-state index is 12.6. The third-order valence-corrected chi connectivity index (χ3v) is 8.85. The van der Waals surface area contributed by atoms with Crippen LogP contribution >= 0.6 is 11.8 Å². The number of carbonyl (C=O) groups excluding carboxylic acids is 1. The lowest BCUT2D eigenvalue weighted by Gasteiger charge is -2.23. The van der Waals surface area contributed by atoms with E-state index in [4.69, 9.17) is 9.47 Å². The molecule has 1 heterocycles. The van der Waals surface area contributed by atoms with Crippen LogP contribution in [-0.4, -0.2) is 29.9 Å². The Bertz CT molecular complexity index is 1120. The number of carbonyl (C=O) groups is 1. The normalized spacial score (nSPS) is 13.2. The largest absolute Gasteiger partial charge is 0.493 e. The number of hydrogen-bond acceptors (Lipinski definition) is 5. The molecule has 1 aliphatic rings. The van der Waals surface area contributed by atoms with E-state index >= 15 is 0 Å². The second kappa shape index (κ2) is 18.9. The zero-order valence-corrected chi connectivity index (χ0v) is 28.3. The number of unbranched alkanes of at least 4 members (excludes halogenated alkanes) is 11. The lowest BCUT2D eigenvalue weighted by molar-refractivity contribution is -0.118. The Morgan fingerprint density at radius 1 is 0.860 bits per heavy atom. The minimum atomic E-state index is -0.180. The van der Waals surface area contributed by atoms with Crippen molar-refractivity contribution in [3.05, 3.63) is 64.7 Å². The Labute approximate surface area is 266 Å². The second-order valence-corrected chi connectivity index (χ2v) is 14.1. The highest BCUT2D eigenvalue weighted by Gasteiger charge is 2.20. The van der Waals surface area contributed by atoms with E-state index in [9.17, 15) is 4.79 Å². The summed E-state index contributed by atoms with van der Waals surface area (Å²) in [5, 5.41) is 2.95. The Balaban J connectivity index is 1.37. The van der Waals surface area contributed by atoms with Crippen LogP contribution in [0.4, 0.5) is 5.69 Å². The number of allylic oxidation sites excluding steroid dienone is 1. The summed E-state index contributed by atoms with van der Waals surface area (Å²) in [5.41, 5.74) is 3.10. The first-order valence-electron chi connectivity index (χ1n) is 16.6. The minimum Gasteiger partial charge on any atom is -0.493 e. The van der Waals surface area contributed by atoms with Crippen LogP contribution in [0.2, 0.25) is 0 Å². The summed E-state index contributed by atoms with van der Waals surface area (Å²) in [6.45, 7) is 12.5. The van der Waals surface area contributed by atoms with Gasteiger partial charge in [-0.15, -0.1) is 11.8 Å². The van der Waals surface area contributed by atoms with E-state index in [1.807, 2.05) is 36.0 Å². The average Bonchev–Trinajstić information content (AvgIpc) is 3.39. The molecule has 6 heteroatoms. The van der Waals surface area contributed by atoms with E-state index in [0.717, 1.165) is 35.8 Å². The Morgan fingerprint density at radius 3 is 2.07 bits per heavy atom. The first-order chi connectivity index (χ1) is 20.7. The van der Waals surface area contributed by atoms with Crippen molar-refractivity contribution in [2.24, 2.45) is 0 Å². The standard InChI is InChI=1S/C37H56N2O3S/c1-6-7-8-9-10-11-12-13-14-15-16-17-24-41-35-25-33(22-23-34(35)37(3,4)5)42-28-36(40)38-32-20-18-31(19-21-32)27-39-26-30(2)43-29-39/h18-23,25-26H,6-17,24,27-29H2,1-5H3,(H,38,40). The van der Waals surface area contributed by atoms with Gasteiger partial charge in [0.2, 0.25) is 0 Å². The van der Waals surface area contributed by atoms with Crippen LogP contribution in [-0.2, 0) is 16.8 Å². The van der Waals surface area contributed by atoms with Crippen molar-refractivity contribution in [2.75, 3.05) is 24.4 Å². The Morgan fingerprint density at radius 2 is 1.49 bits per heavy atom. The molecule has 0 atom stereocenters. The smallest absolute Gasteiger partial charge is 0.262 e. The zero-order valence-electron chi connectivity index (χ0n) is 27.5. The van der Waals surface area contributed by atoms with Crippen LogP contribution in [0.15, 0.2) is 53.6 Å². The fourth-order valence-electron chi connectivity index (χ4n) is 5.34. The highest BCUT2D eigenvalue weighted by atomic mass is 32.2. The van der Waals surface area contributed by atoms with Crippen LogP contribution in [0.5, 0.6) is 11.5 Å². The third-order valence-electron chi connectivity index (χ3n) is 7.83. The van der Waals surface area contributed by atoms with Crippen molar-refractivity contribution < 1.29 is 14.3 Å². The number of nitrogens with one attached hydrogen (secondary N) is 1. The maximum Gasteiger partial charge on any atom is 0.262 e. The van der Waals surface area contributed by atoms with E-state index in [1.54, 1.807) is 0 Å². The molecule has 1 N–H and O–H groups in total. The van der Waals surface area contributed by atoms with Crippen LogP contribution in [0.3, 0.4) is 0 Å². The van der Waals surface area contributed by atoms with Crippen molar-refractivity contribution in [3.8, 4) is 11.5 Å². The number of ether oxygens (including phenoxy) is 2. The molecule has 3 rings (SSSR count). The summed E-state index contributed by atoms with van der Waals surface area (Å²) in [4.78, 5) is 16.3. The molecule has 0 spiro atoms. The van der Waals surface area contributed by atoms with Gasteiger partial charge in [-0.3, -0.25) is 4.79 Å². The van der Waals surface area contributed by atoms with Gasteiger partial charge in [0.05, 0.1) is 12.5 Å². The number of benzene rings is 2. The Hall–Kier alpha value is -2.60. The molecule has 5 nitrogen and oxygen atoms in total. The van der Waals surface area contributed by atoms with E-state index in [-0.39, 0.29) is 17.9 Å². The molecule has 0 saturated heterocycles. The predicted octanol–water partition coefficient (Wildman–Crippen LogP) is 10.4. The molecule has 2 aromatic rings. The molecular formula is C37H56N2O3S. The first kappa shape index (κ1) is 34.9. The van der Waals surface area contributed by atoms with Gasteiger partial charge in [0, 0.05) is 24.5 Å². The monoisotopic (exact) mass is 608 g/mol. The fraction of sp³-hybridized carbons (Fsp3) is 0.595. The third kappa shape index (κ3) is 13.7. The second-order valence-electron chi connectivity index (χ2n) is 12.9. The highest BCUT2D eigenvalue weighted by Crippen LogP contribution is 2.34. The minimum absolute atomic E-state index is 0.0450. The van der Waals surface area contributed by atoms with Gasteiger partial charge in [-0.25, -0.2) is 0 Å². The maximum atomic E-state index is 12.6. The highest BCUT2D eigenvalue weighted by molar-refractivity contribution is 8.03.